The van der Waals surface area contributed by atoms with Crippen LogP contribution < -0.4 is 0 Å². The van der Waals surface area contributed by atoms with Gasteiger partial charge in [-0.2, -0.15) is 0 Å². The van der Waals surface area contributed by atoms with Gasteiger partial charge in [-0.15, -0.1) is 0 Å². The Morgan fingerprint density at radius 1 is 0.583 bits per heavy atom. The van der Waals surface area contributed by atoms with Gasteiger partial charge in [-0.05, 0) is 24.3 Å². The first-order valence-corrected chi connectivity index (χ1v) is 14.3. The molecule has 48 heavy (non-hydrogen) atoms. The van der Waals surface area contributed by atoms with E-state index in [-0.39, 0.29) is 64.2 Å². The Hall–Kier alpha value is -4.14. The first-order valence-electron chi connectivity index (χ1n) is 14.3. The second-order valence-electron chi connectivity index (χ2n) is 11.0. The maximum absolute atomic E-state index is 12.2. The Kier molecular flexibility index (Phi) is 16.4. The molecule has 4 atom stereocenters. The van der Waals surface area contributed by atoms with Crippen molar-refractivity contribution >= 4 is 11.9 Å². The molecule has 18 heteroatoms. The SMILES string of the molecule is COCC(O)COCC(C)(COCOCC(O)COC(=O)c1cc(O)c(O)c(O)c1)COCC(O)COC(=O)c1cc(O)c(O)c(O)c1. The van der Waals surface area contributed by atoms with Crippen LogP contribution in [0.5, 0.6) is 34.5 Å². The Bertz CT molecular complexity index is 1270. The first kappa shape index (κ1) is 40.0. The molecule has 0 spiro atoms. The number of phenolic OH excluding ortho intramolecular Hbond substituents is 6. The number of phenols is 6. The van der Waals surface area contributed by atoms with Crippen molar-refractivity contribution in [2.45, 2.75) is 25.2 Å². The van der Waals surface area contributed by atoms with Gasteiger partial charge < -0.3 is 79.1 Å². The zero-order valence-corrected chi connectivity index (χ0v) is 26.3. The average Bonchev–Trinajstić information content (AvgIpc) is 3.03. The first-order chi connectivity index (χ1) is 22.7. The van der Waals surface area contributed by atoms with Gasteiger partial charge >= 0.3 is 11.9 Å². The number of ether oxygens (including phenoxy) is 7. The minimum absolute atomic E-state index is 0.0215. The average molecular weight is 691 g/mol. The van der Waals surface area contributed by atoms with E-state index >= 15 is 0 Å². The fourth-order valence-electron chi connectivity index (χ4n) is 3.83. The summed E-state index contributed by atoms with van der Waals surface area (Å²) in [5.41, 5.74) is -1.38. The Morgan fingerprint density at radius 2 is 0.938 bits per heavy atom. The number of rotatable bonds is 22. The number of aliphatic hydroxyl groups is 3. The number of carbonyl (C=O) groups is 2. The van der Waals surface area contributed by atoms with Gasteiger partial charge in [-0.25, -0.2) is 9.59 Å². The molecule has 0 heterocycles. The number of aromatic hydroxyl groups is 6. The van der Waals surface area contributed by atoms with Gasteiger partial charge in [0.2, 0.25) is 0 Å². The molecule has 0 bridgehead atoms. The van der Waals surface area contributed by atoms with Crippen LogP contribution in [0.15, 0.2) is 24.3 Å². The summed E-state index contributed by atoms with van der Waals surface area (Å²) in [6.07, 6.45) is -3.43. The standard InChI is InChI=1S/C30H42O18/c1-30(13-43-8-19(31)7-42-2,14-44-9-20(32)11-47-28(40)17-3-22(34)26(38)23(35)4-17)15-46-16-45-10-21(33)12-48-29(41)18-5-24(36)27(39)25(37)6-18/h3-6,19-21,31-39H,7-16H2,1-2H3. The van der Waals surface area contributed by atoms with Crippen LogP contribution in [0.25, 0.3) is 0 Å². The summed E-state index contributed by atoms with van der Waals surface area (Å²) in [6.45, 7) is -0.239. The van der Waals surface area contributed by atoms with E-state index in [1.807, 2.05) is 0 Å². The highest BCUT2D eigenvalue weighted by Gasteiger charge is 2.27. The van der Waals surface area contributed by atoms with Gasteiger partial charge in [0.05, 0.1) is 57.4 Å². The molecule has 0 aliphatic heterocycles. The van der Waals surface area contributed by atoms with E-state index in [0.29, 0.717) is 0 Å². The lowest BCUT2D eigenvalue weighted by atomic mass is 9.94. The molecular weight excluding hydrogens is 648 g/mol. The number of aliphatic hydroxyl groups excluding tert-OH is 3. The Morgan fingerprint density at radius 3 is 1.33 bits per heavy atom. The lowest BCUT2D eigenvalue weighted by Crippen LogP contribution is -2.37. The number of hydrogen-bond acceptors (Lipinski definition) is 18. The third kappa shape index (κ3) is 13.5. The summed E-state index contributed by atoms with van der Waals surface area (Å²) in [5.74, 6) is -6.49. The predicted octanol–water partition coefficient (Wildman–Crippen LogP) is -0.307. The monoisotopic (exact) mass is 690 g/mol. The van der Waals surface area contributed by atoms with Crippen LogP contribution in [0.2, 0.25) is 0 Å². The van der Waals surface area contributed by atoms with Crippen LogP contribution in [0.1, 0.15) is 27.6 Å². The number of hydrogen-bond donors (Lipinski definition) is 9. The van der Waals surface area contributed by atoms with Crippen molar-refractivity contribution in [2.75, 3.05) is 73.4 Å². The van der Waals surface area contributed by atoms with Crippen LogP contribution in [0, 0.1) is 5.41 Å². The predicted molar refractivity (Wildman–Crippen MR) is 160 cm³/mol. The molecule has 0 aromatic heterocycles. The zero-order valence-electron chi connectivity index (χ0n) is 26.3. The van der Waals surface area contributed by atoms with Crippen molar-refractivity contribution in [3.63, 3.8) is 0 Å². The summed E-state index contributed by atoms with van der Waals surface area (Å²) in [6, 6.07) is 3.53. The molecule has 9 N–H and O–H groups in total. The van der Waals surface area contributed by atoms with Gasteiger partial charge in [-0.3, -0.25) is 0 Å². The minimum Gasteiger partial charge on any atom is -0.504 e. The molecule has 0 saturated carbocycles. The van der Waals surface area contributed by atoms with Crippen LogP contribution >= 0.6 is 0 Å². The zero-order chi connectivity index (χ0) is 35.9. The van der Waals surface area contributed by atoms with E-state index in [0.717, 1.165) is 24.3 Å². The van der Waals surface area contributed by atoms with Crippen molar-refractivity contribution in [1.29, 1.82) is 0 Å². The summed E-state index contributed by atoms with van der Waals surface area (Å²) in [5, 5.41) is 87.0. The van der Waals surface area contributed by atoms with Crippen LogP contribution in [-0.2, 0) is 33.2 Å². The summed E-state index contributed by atoms with van der Waals surface area (Å²) < 4.78 is 36.7. The van der Waals surface area contributed by atoms with Crippen LogP contribution in [0.3, 0.4) is 0 Å². The molecular formula is C30H42O18. The molecule has 2 aromatic rings. The lowest BCUT2D eigenvalue weighted by molar-refractivity contribution is -0.133. The van der Waals surface area contributed by atoms with Gasteiger partial charge in [-0.1, -0.05) is 6.92 Å². The van der Waals surface area contributed by atoms with Crippen molar-refractivity contribution in [3.8, 4) is 34.5 Å². The second-order valence-corrected chi connectivity index (χ2v) is 11.0. The van der Waals surface area contributed by atoms with E-state index < -0.39 is 83.4 Å². The number of methoxy groups -OCH3 is 1. The van der Waals surface area contributed by atoms with E-state index in [9.17, 15) is 55.5 Å². The van der Waals surface area contributed by atoms with E-state index in [1.165, 1.54) is 7.11 Å². The largest absolute Gasteiger partial charge is 0.504 e. The summed E-state index contributed by atoms with van der Waals surface area (Å²) in [7, 11) is 1.42. The maximum atomic E-state index is 12.2. The highest BCUT2D eigenvalue weighted by molar-refractivity contribution is 5.91. The van der Waals surface area contributed by atoms with Crippen molar-refractivity contribution in [2.24, 2.45) is 5.41 Å². The lowest BCUT2D eigenvalue weighted by Gasteiger charge is -2.29. The number of carbonyl (C=O) groups excluding carboxylic acids is 2. The van der Waals surface area contributed by atoms with E-state index in [2.05, 4.69) is 0 Å². The van der Waals surface area contributed by atoms with Crippen molar-refractivity contribution in [1.82, 2.24) is 0 Å². The third-order valence-electron chi connectivity index (χ3n) is 6.23. The van der Waals surface area contributed by atoms with Crippen molar-refractivity contribution < 1.29 is 88.7 Å². The second kappa shape index (κ2) is 19.6. The summed E-state index contributed by atoms with van der Waals surface area (Å²) >= 11 is 0. The van der Waals surface area contributed by atoms with Gasteiger partial charge in [0.1, 0.15) is 38.3 Å². The molecule has 0 aliphatic rings. The fraction of sp³-hybridized carbons (Fsp3) is 0.533. The van der Waals surface area contributed by atoms with Gasteiger partial charge in [0.25, 0.3) is 0 Å². The summed E-state index contributed by atoms with van der Waals surface area (Å²) in [4.78, 5) is 24.3. The number of benzene rings is 2. The van der Waals surface area contributed by atoms with E-state index in [4.69, 9.17) is 33.2 Å². The molecule has 0 amide bonds. The fourth-order valence-corrected chi connectivity index (χ4v) is 3.83. The highest BCUT2D eigenvalue weighted by atomic mass is 16.7. The molecule has 4 unspecified atom stereocenters. The highest BCUT2D eigenvalue weighted by Crippen LogP contribution is 2.36. The van der Waals surface area contributed by atoms with Gasteiger partial charge in [0.15, 0.2) is 34.5 Å². The van der Waals surface area contributed by atoms with Crippen LogP contribution in [-0.4, -0.2) is 150 Å². The van der Waals surface area contributed by atoms with Crippen molar-refractivity contribution in [3.05, 3.63) is 35.4 Å². The molecule has 0 radical (unpaired) electrons. The minimum atomic E-state index is -1.27. The number of esters is 2. The third-order valence-corrected chi connectivity index (χ3v) is 6.23. The molecule has 0 fully saturated rings. The maximum Gasteiger partial charge on any atom is 0.338 e. The molecule has 18 nitrogen and oxygen atoms in total. The molecule has 2 aromatic carbocycles. The molecule has 2 rings (SSSR count). The van der Waals surface area contributed by atoms with Crippen LogP contribution in [0.4, 0.5) is 0 Å². The quantitative estimate of drug-likeness (QED) is 0.0332. The molecule has 0 saturated heterocycles. The molecule has 0 aliphatic carbocycles. The topological polar surface area (TPSA) is 281 Å². The van der Waals surface area contributed by atoms with E-state index in [1.54, 1.807) is 6.92 Å². The Balaban J connectivity index is 1.78. The Labute approximate surface area is 274 Å². The molecule has 270 valence electrons. The van der Waals surface area contributed by atoms with Gasteiger partial charge in [0, 0.05) is 12.5 Å². The normalized spacial score (nSPS) is 14.5. The smallest absolute Gasteiger partial charge is 0.338 e.